The molecule has 140 valence electrons. The molecule has 1 aliphatic heterocycles. The van der Waals surface area contributed by atoms with Gasteiger partial charge in [-0.1, -0.05) is 29.3 Å². The quantitative estimate of drug-likeness (QED) is 0.482. The second-order valence-corrected chi connectivity index (χ2v) is 6.87. The molecule has 0 bridgehead atoms. The predicted molar refractivity (Wildman–Crippen MR) is 110 cm³/mol. The molecule has 0 radical (unpaired) electrons. The van der Waals surface area contributed by atoms with E-state index in [0.29, 0.717) is 38.6 Å². The zero-order valence-corrected chi connectivity index (χ0v) is 15.8. The molecule has 0 atom stereocenters. The number of benzene rings is 3. The topological polar surface area (TPSA) is 79.5 Å². The SMILES string of the molecule is O=C(Nc1cccc(Cl)c1)Nc1ccc2c(c1)C(=O)Nc1cc(Cl)ccc1O2. The highest BCUT2D eigenvalue weighted by atomic mass is 35.5. The summed E-state index contributed by atoms with van der Waals surface area (Å²) >= 11 is 11.9. The highest BCUT2D eigenvalue weighted by Gasteiger charge is 2.21. The smallest absolute Gasteiger partial charge is 0.323 e. The first kappa shape index (κ1) is 18.2. The minimum absolute atomic E-state index is 0.285. The van der Waals surface area contributed by atoms with Crippen LogP contribution in [0.5, 0.6) is 11.5 Å². The van der Waals surface area contributed by atoms with Gasteiger partial charge in [0.2, 0.25) is 0 Å². The van der Waals surface area contributed by atoms with E-state index in [2.05, 4.69) is 16.0 Å². The number of hydrogen-bond donors (Lipinski definition) is 3. The van der Waals surface area contributed by atoms with Crippen LogP contribution in [0.3, 0.4) is 0 Å². The van der Waals surface area contributed by atoms with Gasteiger partial charge in [-0.3, -0.25) is 4.79 Å². The first-order valence-corrected chi connectivity index (χ1v) is 9.00. The van der Waals surface area contributed by atoms with Crippen LogP contribution in [0.2, 0.25) is 10.0 Å². The van der Waals surface area contributed by atoms with Gasteiger partial charge in [0.05, 0.1) is 11.3 Å². The third kappa shape index (κ3) is 3.88. The Bertz CT molecular complexity index is 1100. The summed E-state index contributed by atoms with van der Waals surface area (Å²) in [5.74, 6) is 0.491. The van der Waals surface area contributed by atoms with Gasteiger partial charge in [0.25, 0.3) is 5.91 Å². The molecule has 0 spiro atoms. The lowest BCUT2D eigenvalue weighted by atomic mass is 10.1. The number of nitrogens with one attached hydrogen (secondary N) is 3. The van der Waals surface area contributed by atoms with Crippen molar-refractivity contribution >= 4 is 52.2 Å². The van der Waals surface area contributed by atoms with Crippen molar-refractivity contribution in [3.05, 3.63) is 76.3 Å². The zero-order chi connectivity index (χ0) is 19.7. The number of rotatable bonds is 2. The van der Waals surface area contributed by atoms with Gasteiger partial charge in [-0.15, -0.1) is 0 Å². The van der Waals surface area contributed by atoms with Gasteiger partial charge in [0.15, 0.2) is 5.75 Å². The molecule has 3 aromatic rings. The lowest BCUT2D eigenvalue weighted by Crippen LogP contribution is -2.20. The van der Waals surface area contributed by atoms with Crippen molar-refractivity contribution in [2.75, 3.05) is 16.0 Å². The zero-order valence-electron chi connectivity index (χ0n) is 14.3. The summed E-state index contributed by atoms with van der Waals surface area (Å²) in [5.41, 5.74) is 1.74. The van der Waals surface area contributed by atoms with Crippen LogP contribution in [-0.4, -0.2) is 11.9 Å². The molecule has 0 aromatic heterocycles. The Morgan fingerprint density at radius 1 is 0.857 bits per heavy atom. The molecule has 3 amide bonds. The summed E-state index contributed by atoms with van der Waals surface area (Å²) in [4.78, 5) is 24.8. The van der Waals surface area contributed by atoms with Crippen LogP contribution in [0.25, 0.3) is 0 Å². The third-order valence-corrected chi connectivity index (χ3v) is 4.44. The molecule has 3 N–H and O–H groups in total. The summed E-state index contributed by atoms with van der Waals surface area (Å²) in [5, 5.41) is 9.10. The van der Waals surface area contributed by atoms with Gasteiger partial charge < -0.3 is 20.7 Å². The average Bonchev–Trinajstić information content (AvgIpc) is 2.77. The number of carbonyl (C=O) groups excluding carboxylic acids is 2. The van der Waals surface area contributed by atoms with Crippen LogP contribution in [-0.2, 0) is 0 Å². The average molecular weight is 414 g/mol. The van der Waals surface area contributed by atoms with Crippen molar-refractivity contribution < 1.29 is 14.3 Å². The molecule has 4 rings (SSSR count). The van der Waals surface area contributed by atoms with E-state index in [0.717, 1.165) is 0 Å². The highest BCUT2D eigenvalue weighted by Crippen LogP contribution is 2.37. The van der Waals surface area contributed by atoms with E-state index in [4.69, 9.17) is 27.9 Å². The van der Waals surface area contributed by atoms with Crippen LogP contribution >= 0.6 is 23.2 Å². The van der Waals surface area contributed by atoms with Crippen molar-refractivity contribution in [3.63, 3.8) is 0 Å². The van der Waals surface area contributed by atoms with Crippen LogP contribution in [0.15, 0.2) is 60.7 Å². The van der Waals surface area contributed by atoms with Crippen LogP contribution < -0.4 is 20.7 Å². The molecular formula is C20H13Cl2N3O3. The van der Waals surface area contributed by atoms with Crippen molar-refractivity contribution in [1.82, 2.24) is 0 Å². The van der Waals surface area contributed by atoms with E-state index in [1.54, 1.807) is 54.6 Å². The van der Waals surface area contributed by atoms with E-state index in [1.165, 1.54) is 6.07 Å². The molecule has 28 heavy (non-hydrogen) atoms. The Kier molecular flexibility index (Phi) is 4.81. The van der Waals surface area contributed by atoms with E-state index in [9.17, 15) is 9.59 Å². The van der Waals surface area contributed by atoms with Gasteiger partial charge in [-0.2, -0.15) is 0 Å². The summed E-state index contributed by atoms with van der Waals surface area (Å²) < 4.78 is 5.81. The number of urea groups is 1. The van der Waals surface area contributed by atoms with Crippen LogP contribution in [0.4, 0.5) is 21.9 Å². The molecule has 6 nitrogen and oxygen atoms in total. The standard InChI is InChI=1S/C20H13Cl2N3O3/c21-11-2-1-3-13(8-11)23-20(27)24-14-5-7-17-15(10-14)19(26)25-16-9-12(22)4-6-18(16)28-17/h1-10H,(H,25,26)(H2,23,24,27). The van der Waals surface area contributed by atoms with Crippen molar-refractivity contribution in [2.45, 2.75) is 0 Å². The number of halogens is 2. The monoisotopic (exact) mass is 413 g/mol. The van der Waals surface area contributed by atoms with Crippen LogP contribution in [0, 0.1) is 0 Å². The number of fused-ring (bicyclic) bond motifs is 2. The Balaban J connectivity index is 1.54. The van der Waals surface area contributed by atoms with Gasteiger partial charge in [0.1, 0.15) is 5.75 Å². The minimum atomic E-state index is -0.466. The molecule has 0 aliphatic carbocycles. The first-order valence-electron chi connectivity index (χ1n) is 8.24. The number of hydrogen-bond acceptors (Lipinski definition) is 3. The van der Waals surface area contributed by atoms with Gasteiger partial charge in [-0.25, -0.2) is 4.79 Å². The summed E-state index contributed by atoms with van der Waals surface area (Å²) in [7, 11) is 0. The van der Waals surface area contributed by atoms with Crippen molar-refractivity contribution in [1.29, 1.82) is 0 Å². The Morgan fingerprint density at radius 2 is 1.57 bits per heavy atom. The lowest BCUT2D eigenvalue weighted by molar-refractivity contribution is 0.102. The van der Waals surface area contributed by atoms with Gasteiger partial charge in [-0.05, 0) is 54.6 Å². The largest absolute Gasteiger partial charge is 0.454 e. The van der Waals surface area contributed by atoms with Crippen molar-refractivity contribution in [2.24, 2.45) is 0 Å². The maximum atomic E-state index is 12.6. The number of ether oxygens (including phenoxy) is 1. The van der Waals surface area contributed by atoms with Gasteiger partial charge >= 0.3 is 6.03 Å². The van der Waals surface area contributed by atoms with Gasteiger partial charge in [0, 0.05) is 21.4 Å². The normalized spacial score (nSPS) is 12.0. The Morgan fingerprint density at radius 3 is 2.36 bits per heavy atom. The molecule has 0 unspecified atom stereocenters. The Labute approximate surface area is 170 Å². The minimum Gasteiger partial charge on any atom is -0.454 e. The van der Waals surface area contributed by atoms with Crippen molar-refractivity contribution in [3.8, 4) is 11.5 Å². The Hall–Kier alpha value is -3.22. The van der Waals surface area contributed by atoms with E-state index in [1.807, 2.05) is 0 Å². The van der Waals surface area contributed by atoms with Crippen LogP contribution in [0.1, 0.15) is 10.4 Å². The molecular weight excluding hydrogens is 401 g/mol. The molecule has 1 heterocycles. The number of carbonyl (C=O) groups is 2. The molecule has 8 heteroatoms. The first-order chi connectivity index (χ1) is 13.5. The highest BCUT2D eigenvalue weighted by molar-refractivity contribution is 6.31. The maximum Gasteiger partial charge on any atom is 0.323 e. The predicted octanol–water partition coefficient (Wildman–Crippen LogP) is 6.00. The second kappa shape index (κ2) is 7.42. The summed E-state index contributed by atoms with van der Waals surface area (Å²) in [6.07, 6.45) is 0. The lowest BCUT2D eigenvalue weighted by Gasteiger charge is -2.11. The molecule has 1 aliphatic rings. The second-order valence-electron chi connectivity index (χ2n) is 6.00. The molecule has 0 saturated heterocycles. The van der Waals surface area contributed by atoms with E-state index >= 15 is 0 Å². The molecule has 0 saturated carbocycles. The van der Waals surface area contributed by atoms with E-state index < -0.39 is 6.03 Å². The fourth-order valence-corrected chi connectivity index (χ4v) is 3.09. The fraction of sp³-hybridized carbons (Fsp3) is 0. The maximum absolute atomic E-state index is 12.6. The third-order valence-electron chi connectivity index (χ3n) is 3.97. The number of anilines is 3. The molecule has 3 aromatic carbocycles. The number of amides is 3. The summed E-state index contributed by atoms with van der Waals surface area (Å²) in [6, 6.07) is 16.1. The fourth-order valence-electron chi connectivity index (χ4n) is 2.73. The van der Waals surface area contributed by atoms with E-state index in [-0.39, 0.29) is 11.5 Å². The molecule has 0 fully saturated rings. The summed E-state index contributed by atoms with van der Waals surface area (Å²) in [6.45, 7) is 0.